The molecule has 3 aromatic rings. The summed E-state index contributed by atoms with van der Waals surface area (Å²) < 4.78 is 50.5. The van der Waals surface area contributed by atoms with Crippen LogP contribution < -0.4 is 4.74 Å². The number of hydrogen-bond acceptors (Lipinski definition) is 5. The van der Waals surface area contributed by atoms with Crippen LogP contribution in [-0.2, 0) is 28.7 Å². The highest BCUT2D eigenvalue weighted by Gasteiger charge is 2.32. The summed E-state index contributed by atoms with van der Waals surface area (Å²) in [6.45, 7) is 4.77. The molecule has 0 aliphatic heterocycles. The van der Waals surface area contributed by atoms with Gasteiger partial charge in [-0.2, -0.15) is 13.2 Å². The quantitative estimate of drug-likeness (QED) is 0.377. The number of ether oxygens (including phenoxy) is 2. The fourth-order valence-corrected chi connectivity index (χ4v) is 4.06. The molecule has 0 saturated carbocycles. The van der Waals surface area contributed by atoms with Crippen molar-refractivity contribution in [3.8, 4) is 16.2 Å². The van der Waals surface area contributed by atoms with E-state index in [0.29, 0.717) is 5.75 Å². The van der Waals surface area contributed by atoms with Crippen molar-refractivity contribution in [2.75, 3.05) is 0 Å². The smallest absolute Gasteiger partial charge is 0.416 e. The average Bonchev–Trinajstić information content (AvgIpc) is 3.18. The minimum atomic E-state index is -4.60. The molecule has 0 atom stereocenters. The van der Waals surface area contributed by atoms with Crippen LogP contribution in [0.5, 0.6) is 5.75 Å². The molecule has 3 rings (SSSR count). The first-order chi connectivity index (χ1) is 15.8. The molecular weight excluding hydrogens is 469 g/mol. The number of esters is 1. The van der Waals surface area contributed by atoms with Crippen LogP contribution in [0, 0.1) is 0 Å². The molecular formula is C25H23F3O5S. The van der Waals surface area contributed by atoms with E-state index in [0.717, 1.165) is 27.5 Å². The third-order valence-corrected chi connectivity index (χ3v) is 5.71. The van der Waals surface area contributed by atoms with Gasteiger partial charge in [-0.05, 0) is 74.9 Å². The summed E-state index contributed by atoms with van der Waals surface area (Å²) in [6.07, 6.45) is -4.64. The number of carbonyl (C=O) groups is 2. The predicted octanol–water partition coefficient (Wildman–Crippen LogP) is 6.60. The summed E-state index contributed by atoms with van der Waals surface area (Å²) in [5, 5.41) is 8.91. The van der Waals surface area contributed by atoms with Gasteiger partial charge in [0.2, 0.25) is 0 Å². The Kier molecular flexibility index (Phi) is 7.35. The summed E-state index contributed by atoms with van der Waals surface area (Å²) in [4.78, 5) is 25.1. The molecule has 0 saturated heterocycles. The molecule has 34 heavy (non-hydrogen) atoms. The number of benzene rings is 2. The van der Waals surface area contributed by atoms with E-state index in [1.54, 1.807) is 51.1 Å². The number of carboxylic acid groups (broad SMARTS) is 1. The maximum absolute atomic E-state index is 13.2. The van der Waals surface area contributed by atoms with Crippen molar-refractivity contribution in [3.05, 3.63) is 76.2 Å². The van der Waals surface area contributed by atoms with E-state index < -0.39 is 29.3 Å². The van der Waals surface area contributed by atoms with Gasteiger partial charge in [-0.1, -0.05) is 6.07 Å². The highest BCUT2D eigenvalue weighted by atomic mass is 32.1. The maximum Gasteiger partial charge on any atom is 0.416 e. The average molecular weight is 493 g/mol. The largest absolute Gasteiger partial charge is 0.489 e. The van der Waals surface area contributed by atoms with E-state index in [-0.39, 0.29) is 24.2 Å². The SMILES string of the molecule is CC(C)(C)OC(=O)c1cc(C(F)(F)F)ccc1COc1ccc(-c2ccc(CC(=O)O)s2)cc1. The van der Waals surface area contributed by atoms with Crippen molar-refractivity contribution in [1.82, 2.24) is 0 Å². The van der Waals surface area contributed by atoms with E-state index >= 15 is 0 Å². The van der Waals surface area contributed by atoms with E-state index in [1.807, 2.05) is 6.07 Å². The molecule has 0 radical (unpaired) electrons. The topological polar surface area (TPSA) is 72.8 Å². The minimum absolute atomic E-state index is 0.0427. The van der Waals surface area contributed by atoms with Gasteiger partial charge in [0.25, 0.3) is 0 Å². The van der Waals surface area contributed by atoms with Crippen LogP contribution in [0.3, 0.4) is 0 Å². The first-order valence-electron chi connectivity index (χ1n) is 10.3. The molecule has 180 valence electrons. The Morgan fingerprint density at radius 2 is 1.65 bits per heavy atom. The number of aliphatic carboxylic acids is 1. The minimum Gasteiger partial charge on any atom is -0.489 e. The van der Waals surface area contributed by atoms with Crippen LogP contribution in [0.2, 0.25) is 0 Å². The number of carbonyl (C=O) groups excluding carboxylic acids is 1. The zero-order valence-corrected chi connectivity index (χ0v) is 19.5. The molecule has 0 spiro atoms. The van der Waals surface area contributed by atoms with E-state index in [1.165, 1.54) is 17.4 Å². The number of hydrogen-bond donors (Lipinski definition) is 1. The van der Waals surface area contributed by atoms with Gasteiger partial charge in [-0.3, -0.25) is 4.79 Å². The molecule has 2 aromatic carbocycles. The Morgan fingerprint density at radius 3 is 2.24 bits per heavy atom. The lowest BCUT2D eigenvalue weighted by Gasteiger charge is -2.21. The second kappa shape index (κ2) is 9.89. The van der Waals surface area contributed by atoms with Gasteiger partial charge in [-0.25, -0.2) is 4.79 Å². The number of thiophene rings is 1. The van der Waals surface area contributed by atoms with E-state index in [4.69, 9.17) is 14.6 Å². The fourth-order valence-electron chi connectivity index (χ4n) is 3.06. The van der Waals surface area contributed by atoms with Crippen LogP contribution in [-0.4, -0.2) is 22.6 Å². The summed E-state index contributed by atoms with van der Waals surface area (Å²) in [5.41, 5.74) is -0.878. The van der Waals surface area contributed by atoms with Gasteiger partial charge >= 0.3 is 18.1 Å². The third-order valence-electron chi connectivity index (χ3n) is 4.58. The van der Waals surface area contributed by atoms with Crippen molar-refractivity contribution in [2.45, 2.75) is 45.6 Å². The number of halogens is 3. The molecule has 0 bridgehead atoms. The lowest BCUT2D eigenvalue weighted by Crippen LogP contribution is -2.25. The zero-order valence-electron chi connectivity index (χ0n) is 18.7. The van der Waals surface area contributed by atoms with Gasteiger partial charge in [0.15, 0.2) is 0 Å². The first kappa shape index (κ1) is 25.3. The van der Waals surface area contributed by atoms with Gasteiger partial charge in [0.1, 0.15) is 18.0 Å². The van der Waals surface area contributed by atoms with Crippen molar-refractivity contribution in [3.63, 3.8) is 0 Å². The monoisotopic (exact) mass is 492 g/mol. The third kappa shape index (κ3) is 6.84. The van der Waals surface area contributed by atoms with Crippen LogP contribution in [0.15, 0.2) is 54.6 Å². The predicted molar refractivity (Wildman–Crippen MR) is 122 cm³/mol. The molecule has 1 aromatic heterocycles. The Bertz CT molecular complexity index is 1170. The molecule has 0 aliphatic carbocycles. The van der Waals surface area contributed by atoms with Gasteiger partial charge in [-0.15, -0.1) is 11.3 Å². The number of alkyl halides is 3. The Morgan fingerprint density at radius 1 is 0.971 bits per heavy atom. The lowest BCUT2D eigenvalue weighted by molar-refractivity contribution is -0.138. The van der Waals surface area contributed by atoms with E-state index in [2.05, 4.69) is 0 Å². The van der Waals surface area contributed by atoms with Gasteiger partial charge in [0, 0.05) is 15.3 Å². The van der Waals surface area contributed by atoms with Crippen LogP contribution in [0.25, 0.3) is 10.4 Å². The van der Waals surface area contributed by atoms with Crippen molar-refractivity contribution in [2.24, 2.45) is 0 Å². The maximum atomic E-state index is 13.2. The summed E-state index contributed by atoms with van der Waals surface area (Å²) in [6, 6.07) is 13.5. The van der Waals surface area contributed by atoms with Crippen molar-refractivity contribution >= 4 is 23.3 Å². The van der Waals surface area contributed by atoms with Crippen molar-refractivity contribution in [1.29, 1.82) is 0 Å². The highest BCUT2D eigenvalue weighted by Crippen LogP contribution is 2.32. The second-order valence-corrected chi connectivity index (χ2v) is 9.69. The molecule has 1 N–H and O–H groups in total. The molecule has 0 aliphatic rings. The molecule has 9 heteroatoms. The summed E-state index contributed by atoms with van der Waals surface area (Å²) in [7, 11) is 0. The van der Waals surface area contributed by atoms with Gasteiger partial charge in [0.05, 0.1) is 17.5 Å². The highest BCUT2D eigenvalue weighted by molar-refractivity contribution is 7.15. The Labute approximate surface area is 198 Å². The van der Waals surface area contributed by atoms with Gasteiger partial charge < -0.3 is 14.6 Å². The standard InChI is InChI=1S/C25H23F3O5S/c1-24(2,3)33-23(31)20-12-17(25(26,27)28)7-4-16(20)14-32-18-8-5-15(6-9-18)21-11-10-19(34-21)13-22(29)30/h4-12H,13-14H2,1-3H3,(H,29,30). The normalized spacial score (nSPS) is 11.8. The molecule has 0 unspecified atom stereocenters. The van der Waals surface area contributed by atoms with Crippen LogP contribution in [0.4, 0.5) is 13.2 Å². The number of rotatable bonds is 7. The van der Waals surface area contributed by atoms with Crippen LogP contribution in [0.1, 0.15) is 47.1 Å². The summed E-state index contributed by atoms with van der Waals surface area (Å²) in [5.74, 6) is -1.30. The lowest BCUT2D eigenvalue weighted by atomic mass is 10.0. The molecule has 5 nitrogen and oxygen atoms in total. The molecule has 0 fully saturated rings. The van der Waals surface area contributed by atoms with Crippen molar-refractivity contribution < 1.29 is 37.3 Å². The van der Waals surface area contributed by atoms with E-state index in [9.17, 15) is 22.8 Å². The first-order valence-corrected chi connectivity index (χ1v) is 11.1. The Hall–Kier alpha value is -3.33. The molecule has 0 amide bonds. The second-order valence-electron chi connectivity index (χ2n) is 8.52. The zero-order chi connectivity index (χ0) is 25.1. The van der Waals surface area contributed by atoms with Crippen LogP contribution >= 0.6 is 11.3 Å². The summed E-state index contributed by atoms with van der Waals surface area (Å²) >= 11 is 1.38. The number of carboxylic acids is 1. The Balaban J connectivity index is 1.77. The molecule has 1 heterocycles. The fraction of sp³-hybridized carbons (Fsp3) is 0.280.